The molecule has 0 saturated carbocycles. The lowest BCUT2D eigenvalue weighted by molar-refractivity contribution is 1.76. The van der Waals surface area contributed by atoms with Gasteiger partial charge in [0.25, 0.3) is 3.25 Å². The molecule has 0 amide bonds. The van der Waals surface area contributed by atoms with Gasteiger partial charge in [0, 0.05) is 11.1 Å². The Hall–Kier alpha value is 1.48. The average molecular weight is 251 g/mol. The first-order valence-corrected chi connectivity index (χ1v) is 3.91. The van der Waals surface area contributed by atoms with E-state index in [4.69, 9.17) is 69.6 Å². The van der Waals surface area contributed by atoms with E-state index < -0.39 is 3.25 Å². The van der Waals surface area contributed by atoms with E-state index in [1.807, 2.05) is 0 Å². The van der Waals surface area contributed by atoms with Crippen LogP contribution in [0.3, 0.4) is 0 Å². The van der Waals surface area contributed by atoms with Gasteiger partial charge in [-0.1, -0.05) is 69.6 Å². The lowest BCUT2D eigenvalue weighted by Gasteiger charge is -1.91. The molecule has 6 heteroatoms. The molecule has 0 heterocycles. The van der Waals surface area contributed by atoms with Gasteiger partial charge >= 0.3 is 0 Å². The fourth-order valence-corrected chi connectivity index (χ4v) is 0. The van der Waals surface area contributed by atoms with Crippen molar-refractivity contribution in [3.8, 4) is 0 Å². The van der Waals surface area contributed by atoms with Crippen molar-refractivity contribution in [3.63, 3.8) is 0 Å². The Labute approximate surface area is 83.6 Å². The highest BCUT2D eigenvalue weighted by Gasteiger charge is 2.11. The van der Waals surface area contributed by atoms with Crippen molar-refractivity contribution in [3.05, 3.63) is 11.1 Å². The Morgan fingerprint density at radius 1 is 0.778 bits per heavy atom. The minimum atomic E-state index is -1.61. The number of alkyl halides is 4. The highest BCUT2D eigenvalue weighted by atomic mass is 35.6. The maximum atomic E-state index is 4.87. The van der Waals surface area contributed by atoms with Crippen LogP contribution in [-0.2, 0) is 0 Å². The van der Waals surface area contributed by atoms with E-state index in [-0.39, 0.29) is 0 Å². The highest BCUT2D eigenvalue weighted by molar-refractivity contribution is 6.83. The molecule has 0 aromatic carbocycles. The van der Waals surface area contributed by atoms with Crippen LogP contribution in [0.5, 0.6) is 0 Å². The van der Waals surface area contributed by atoms with Gasteiger partial charge in [-0.05, 0) is 0 Å². The largest absolute Gasteiger partial charge is 0.266 e. The number of halogens is 6. The van der Waals surface area contributed by atoms with Gasteiger partial charge in [0.1, 0.15) is 0 Å². The van der Waals surface area contributed by atoms with Gasteiger partial charge in [0.15, 0.2) is 0 Å². The summed E-state index contributed by atoms with van der Waals surface area (Å²) >= 11 is 29.1. The van der Waals surface area contributed by atoms with Crippen LogP contribution in [-0.4, -0.2) is 3.25 Å². The third-order valence-electron chi connectivity index (χ3n) is 0.0476. The summed E-state index contributed by atoms with van der Waals surface area (Å²) in [6, 6.07) is 0. The van der Waals surface area contributed by atoms with E-state index >= 15 is 0 Å². The smallest absolute Gasteiger partial charge is 0.0920 e. The monoisotopic (exact) mass is 248 g/mol. The van der Waals surface area contributed by atoms with Crippen molar-refractivity contribution in [1.29, 1.82) is 0 Å². The lowest BCUT2D eigenvalue weighted by Crippen LogP contribution is -1.81. The summed E-state index contributed by atoms with van der Waals surface area (Å²) in [7, 11) is 0. The molecule has 0 bridgehead atoms. The van der Waals surface area contributed by atoms with Gasteiger partial charge in [-0.25, -0.2) is 0 Å². The molecule has 0 N–H and O–H groups in total. The van der Waals surface area contributed by atoms with Crippen molar-refractivity contribution in [2.75, 3.05) is 0 Å². The second-order valence-electron chi connectivity index (χ2n) is 0.681. The van der Waals surface area contributed by atoms with Crippen molar-refractivity contribution >= 4 is 69.6 Å². The molecule has 0 spiro atoms. The maximum absolute atomic E-state index is 4.87. The van der Waals surface area contributed by atoms with E-state index in [2.05, 4.69) is 0 Å². The fourth-order valence-electron chi connectivity index (χ4n) is 0. The van der Waals surface area contributed by atoms with Crippen molar-refractivity contribution in [2.24, 2.45) is 0 Å². The normalized spacial score (nSPS) is 10.9. The summed E-state index contributed by atoms with van der Waals surface area (Å²) in [4.78, 5) is 0. The van der Waals surface area contributed by atoms with Crippen molar-refractivity contribution < 1.29 is 0 Å². The molecule has 0 rings (SSSR count). The predicted octanol–water partition coefficient (Wildman–Crippen LogP) is 4.49. The van der Waals surface area contributed by atoms with Crippen LogP contribution in [0.4, 0.5) is 0 Å². The summed E-state index contributed by atoms with van der Waals surface area (Å²) in [6.45, 7) is 0. The van der Waals surface area contributed by atoms with E-state index in [1.54, 1.807) is 0 Å². The van der Waals surface area contributed by atoms with Gasteiger partial charge in [0.05, 0.1) is 0 Å². The molecule has 0 radical (unpaired) electrons. The Kier molecular flexibility index (Phi) is 11.0. The molecule has 0 aliphatic heterocycles. The van der Waals surface area contributed by atoms with Crippen LogP contribution in [0, 0.1) is 0 Å². The first-order valence-electron chi connectivity index (χ1n) is 1.53. The molecule has 9 heavy (non-hydrogen) atoms. The summed E-state index contributed by atoms with van der Waals surface area (Å²) in [5.41, 5.74) is 2.48. The highest BCUT2D eigenvalue weighted by Crippen LogP contribution is 2.29. The third kappa shape index (κ3) is 86.2. The predicted molar refractivity (Wildman–Crippen MR) is 47.0 cm³/mol. The molecule has 0 aliphatic carbocycles. The number of hydrogen-bond donors (Lipinski definition) is 0. The zero-order valence-corrected chi connectivity index (χ0v) is 8.46. The lowest BCUT2D eigenvalue weighted by atomic mass is 11.3. The topological polar surface area (TPSA) is 0 Å². The third-order valence-corrected chi connectivity index (χ3v) is 0.429. The molecule has 0 saturated heterocycles. The molecule has 0 aromatic heterocycles. The minimum Gasteiger partial charge on any atom is -0.0920 e. The molecule has 0 aromatic rings. The Balaban J connectivity index is 0. The van der Waals surface area contributed by atoms with Crippen LogP contribution in [0.1, 0.15) is 0 Å². The van der Waals surface area contributed by atoms with Gasteiger partial charge in [-0.3, -0.25) is 0 Å². The molecule has 0 unspecified atom stereocenters. The summed E-state index contributed by atoms with van der Waals surface area (Å²) in [6.07, 6.45) is 0. The molecular formula is C3H2Cl6. The SMILES string of the molecule is ClC(Cl)(Cl)Cl.ClC=CCl. The quantitative estimate of drug-likeness (QED) is 0.556. The molecular weight excluding hydrogens is 249 g/mol. The minimum absolute atomic E-state index is 1.24. The second kappa shape index (κ2) is 7.59. The van der Waals surface area contributed by atoms with E-state index in [0.717, 1.165) is 0 Å². The van der Waals surface area contributed by atoms with E-state index in [0.29, 0.717) is 0 Å². The molecule has 0 nitrogen and oxygen atoms in total. The van der Waals surface area contributed by atoms with Crippen molar-refractivity contribution in [2.45, 2.75) is 3.25 Å². The fraction of sp³-hybridized carbons (Fsp3) is 0.333. The Morgan fingerprint density at radius 2 is 0.889 bits per heavy atom. The summed E-state index contributed by atoms with van der Waals surface area (Å²) < 4.78 is -1.61. The van der Waals surface area contributed by atoms with Gasteiger partial charge in [0.2, 0.25) is 0 Å². The molecule has 56 valence electrons. The number of hydrogen-bond acceptors (Lipinski definition) is 0. The summed E-state index contributed by atoms with van der Waals surface area (Å²) in [5.74, 6) is 0. The van der Waals surface area contributed by atoms with E-state index in [9.17, 15) is 0 Å². The van der Waals surface area contributed by atoms with Crippen molar-refractivity contribution in [1.82, 2.24) is 0 Å². The Bertz CT molecular complexity index is 60.9. The average Bonchev–Trinajstić information content (AvgIpc) is 1.61. The molecule has 0 atom stereocenters. The second-order valence-corrected chi connectivity index (χ2v) is 4.61. The van der Waals surface area contributed by atoms with Gasteiger partial charge in [-0.2, -0.15) is 0 Å². The number of rotatable bonds is 0. The zero-order valence-electron chi connectivity index (χ0n) is 3.92. The van der Waals surface area contributed by atoms with Crippen LogP contribution >= 0.6 is 69.6 Å². The maximum Gasteiger partial charge on any atom is 0.266 e. The van der Waals surface area contributed by atoms with Crippen LogP contribution in [0.25, 0.3) is 0 Å². The van der Waals surface area contributed by atoms with Crippen LogP contribution in [0.2, 0.25) is 0 Å². The first-order chi connectivity index (χ1) is 3.91. The van der Waals surface area contributed by atoms with Crippen LogP contribution < -0.4 is 0 Å². The molecule has 0 aliphatic rings. The standard InChI is InChI=1S/C2H2Cl2.CCl4/c3-1-2-4;2-1(3,4)5/h1-2H;. The first kappa shape index (κ1) is 13.1. The Morgan fingerprint density at radius 3 is 0.889 bits per heavy atom. The zero-order chi connectivity index (χ0) is 7.91. The van der Waals surface area contributed by atoms with Crippen LogP contribution in [0.15, 0.2) is 11.1 Å². The molecule has 0 fully saturated rings. The van der Waals surface area contributed by atoms with E-state index in [1.165, 1.54) is 11.1 Å². The summed E-state index contributed by atoms with van der Waals surface area (Å²) in [5, 5.41) is 0. The van der Waals surface area contributed by atoms with Gasteiger partial charge in [-0.15, -0.1) is 0 Å². The van der Waals surface area contributed by atoms with Gasteiger partial charge < -0.3 is 0 Å².